The standard InChI is InChI=1S/C23H21ClN2OS/c1-15-6-8-16(9-7-15)14-25-23-21(19-4-2-3-5-20(19)28-23)22(27)26-18-12-10-17(24)11-13-18/h6-14H,2-5H2,1H3,(H,26,27). The quantitative estimate of drug-likeness (QED) is 0.486. The van der Waals surface area contributed by atoms with Gasteiger partial charge in [0.1, 0.15) is 5.00 Å². The number of rotatable bonds is 4. The van der Waals surface area contributed by atoms with Gasteiger partial charge in [0.15, 0.2) is 0 Å². The average molecular weight is 409 g/mol. The van der Waals surface area contributed by atoms with Crippen molar-refractivity contribution in [3.05, 3.63) is 80.7 Å². The van der Waals surface area contributed by atoms with Crippen molar-refractivity contribution in [3.63, 3.8) is 0 Å². The Balaban J connectivity index is 1.66. The van der Waals surface area contributed by atoms with E-state index in [1.54, 1.807) is 23.5 Å². The van der Waals surface area contributed by atoms with Crippen molar-refractivity contribution in [3.8, 4) is 0 Å². The number of fused-ring (bicyclic) bond motifs is 1. The number of nitrogens with zero attached hydrogens (tertiary/aromatic N) is 1. The largest absolute Gasteiger partial charge is 0.322 e. The lowest BCUT2D eigenvalue weighted by Gasteiger charge is -2.12. The van der Waals surface area contributed by atoms with Gasteiger partial charge in [-0.3, -0.25) is 4.79 Å². The van der Waals surface area contributed by atoms with Gasteiger partial charge in [0.05, 0.1) is 5.56 Å². The maximum Gasteiger partial charge on any atom is 0.259 e. The minimum Gasteiger partial charge on any atom is -0.322 e. The Bertz CT molecular complexity index is 1020. The Hall–Kier alpha value is -2.43. The molecule has 0 radical (unpaired) electrons. The molecule has 4 rings (SSSR count). The third-order valence-electron chi connectivity index (χ3n) is 4.89. The van der Waals surface area contributed by atoms with Gasteiger partial charge < -0.3 is 5.32 Å². The van der Waals surface area contributed by atoms with E-state index in [0.717, 1.165) is 41.1 Å². The van der Waals surface area contributed by atoms with Crippen LogP contribution in [0.4, 0.5) is 10.7 Å². The molecule has 3 nitrogen and oxygen atoms in total. The van der Waals surface area contributed by atoms with E-state index in [1.165, 1.54) is 22.4 Å². The molecule has 0 saturated carbocycles. The van der Waals surface area contributed by atoms with Gasteiger partial charge >= 0.3 is 0 Å². The highest BCUT2D eigenvalue weighted by atomic mass is 35.5. The average Bonchev–Trinajstić information content (AvgIpc) is 3.08. The molecule has 1 heterocycles. The second kappa shape index (κ2) is 8.29. The second-order valence-corrected chi connectivity index (χ2v) is 8.54. The number of nitrogens with one attached hydrogen (secondary N) is 1. The minimum atomic E-state index is -0.0993. The van der Waals surface area contributed by atoms with Crippen LogP contribution in [0.1, 0.15) is 44.8 Å². The first-order valence-electron chi connectivity index (χ1n) is 9.42. The van der Waals surface area contributed by atoms with Crippen LogP contribution in [0.2, 0.25) is 5.02 Å². The van der Waals surface area contributed by atoms with E-state index >= 15 is 0 Å². The maximum absolute atomic E-state index is 13.1. The van der Waals surface area contributed by atoms with Crippen LogP contribution >= 0.6 is 22.9 Å². The summed E-state index contributed by atoms with van der Waals surface area (Å²) in [6, 6.07) is 15.4. The number of aliphatic imine (C=N–C) groups is 1. The van der Waals surface area contributed by atoms with Crippen LogP contribution in [0.25, 0.3) is 0 Å². The molecule has 0 fully saturated rings. The number of halogens is 1. The predicted molar refractivity (Wildman–Crippen MR) is 119 cm³/mol. The summed E-state index contributed by atoms with van der Waals surface area (Å²) in [4.78, 5) is 19.1. The molecular weight excluding hydrogens is 388 g/mol. The zero-order chi connectivity index (χ0) is 19.5. The first kappa shape index (κ1) is 18.9. The highest BCUT2D eigenvalue weighted by Gasteiger charge is 2.25. The summed E-state index contributed by atoms with van der Waals surface area (Å²) in [7, 11) is 0. The van der Waals surface area contributed by atoms with E-state index in [9.17, 15) is 4.79 Å². The summed E-state index contributed by atoms with van der Waals surface area (Å²) in [5, 5.41) is 4.44. The molecule has 142 valence electrons. The summed E-state index contributed by atoms with van der Waals surface area (Å²) in [6.07, 6.45) is 6.10. The van der Waals surface area contributed by atoms with Crippen LogP contribution < -0.4 is 5.32 Å². The van der Waals surface area contributed by atoms with Crippen molar-refractivity contribution in [2.75, 3.05) is 5.32 Å². The van der Waals surface area contributed by atoms with Gasteiger partial charge in [0, 0.05) is 21.8 Å². The molecule has 1 aliphatic rings. The van der Waals surface area contributed by atoms with E-state index < -0.39 is 0 Å². The maximum atomic E-state index is 13.1. The molecule has 1 N–H and O–H groups in total. The van der Waals surface area contributed by atoms with Crippen molar-refractivity contribution >= 4 is 45.7 Å². The number of thiophene rings is 1. The van der Waals surface area contributed by atoms with Crippen molar-refractivity contribution < 1.29 is 4.79 Å². The number of amides is 1. The molecule has 1 aliphatic carbocycles. The van der Waals surface area contributed by atoms with Crippen LogP contribution in [0.5, 0.6) is 0 Å². The van der Waals surface area contributed by atoms with Crippen LogP contribution in [0.3, 0.4) is 0 Å². The van der Waals surface area contributed by atoms with E-state index in [2.05, 4.69) is 24.4 Å². The fourth-order valence-electron chi connectivity index (χ4n) is 3.39. The normalized spacial score (nSPS) is 13.5. The monoisotopic (exact) mass is 408 g/mol. The van der Waals surface area contributed by atoms with E-state index in [4.69, 9.17) is 16.6 Å². The Kier molecular flexibility index (Phi) is 5.60. The van der Waals surface area contributed by atoms with Gasteiger partial charge in [0.2, 0.25) is 0 Å². The van der Waals surface area contributed by atoms with E-state index in [0.29, 0.717) is 5.02 Å². The minimum absolute atomic E-state index is 0.0993. The second-order valence-electron chi connectivity index (χ2n) is 7.02. The third kappa shape index (κ3) is 4.18. The van der Waals surface area contributed by atoms with Crippen LogP contribution in [-0.4, -0.2) is 12.1 Å². The van der Waals surface area contributed by atoms with Crippen LogP contribution in [0, 0.1) is 6.92 Å². The Morgan fingerprint density at radius 3 is 2.54 bits per heavy atom. The lowest BCUT2D eigenvalue weighted by Crippen LogP contribution is -2.14. The lowest BCUT2D eigenvalue weighted by atomic mass is 9.95. The smallest absolute Gasteiger partial charge is 0.259 e. The number of carbonyl (C=O) groups is 1. The Labute approximate surface area is 174 Å². The highest BCUT2D eigenvalue weighted by Crippen LogP contribution is 2.40. The number of benzene rings is 2. The molecule has 5 heteroatoms. The SMILES string of the molecule is Cc1ccc(C=Nc2sc3c(c2C(=O)Nc2ccc(Cl)cc2)CCCC3)cc1. The molecule has 1 aromatic heterocycles. The van der Waals surface area contributed by atoms with Gasteiger partial charge in [0.25, 0.3) is 5.91 Å². The summed E-state index contributed by atoms with van der Waals surface area (Å²) in [5.74, 6) is -0.0993. The molecule has 0 spiro atoms. The first-order valence-corrected chi connectivity index (χ1v) is 10.6. The lowest BCUT2D eigenvalue weighted by molar-refractivity contribution is 0.102. The number of hydrogen-bond acceptors (Lipinski definition) is 3. The number of carbonyl (C=O) groups excluding carboxylic acids is 1. The number of aryl methyl sites for hydroxylation is 2. The summed E-state index contributed by atoms with van der Waals surface area (Å²) in [5.41, 5.74) is 4.86. The molecule has 3 aromatic rings. The van der Waals surface area contributed by atoms with Gasteiger partial charge in [-0.2, -0.15) is 0 Å². The molecule has 0 aliphatic heterocycles. The zero-order valence-corrected chi connectivity index (χ0v) is 17.2. The third-order valence-corrected chi connectivity index (χ3v) is 6.34. The fraction of sp³-hybridized carbons (Fsp3) is 0.217. The van der Waals surface area contributed by atoms with Gasteiger partial charge in [-0.25, -0.2) is 4.99 Å². The Morgan fingerprint density at radius 1 is 1.07 bits per heavy atom. The van der Waals surface area contributed by atoms with Crippen molar-refractivity contribution in [2.24, 2.45) is 4.99 Å². The van der Waals surface area contributed by atoms with Crippen LogP contribution in [-0.2, 0) is 12.8 Å². The van der Waals surface area contributed by atoms with Crippen LogP contribution in [0.15, 0.2) is 53.5 Å². The fourth-order valence-corrected chi connectivity index (χ4v) is 4.75. The summed E-state index contributed by atoms with van der Waals surface area (Å²) in [6.45, 7) is 2.06. The van der Waals surface area contributed by atoms with Crippen molar-refractivity contribution in [1.82, 2.24) is 0 Å². The van der Waals surface area contributed by atoms with Crippen molar-refractivity contribution in [2.45, 2.75) is 32.6 Å². The summed E-state index contributed by atoms with van der Waals surface area (Å²) >= 11 is 7.59. The molecule has 0 bridgehead atoms. The molecule has 2 aromatic carbocycles. The van der Waals surface area contributed by atoms with Gasteiger partial charge in [-0.1, -0.05) is 41.4 Å². The van der Waals surface area contributed by atoms with Crippen molar-refractivity contribution in [1.29, 1.82) is 0 Å². The van der Waals surface area contributed by atoms with Gasteiger partial charge in [-0.05, 0) is 68.0 Å². The first-order chi connectivity index (χ1) is 13.6. The topological polar surface area (TPSA) is 41.5 Å². The molecular formula is C23H21ClN2OS. The number of hydrogen-bond donors (Lipinski definition) is 1. The zero-order valence-electron chi connectivity index (χ0n) is 15.7. The molecule has 1 amide bonds. The molecule has 28 heavy (non-hydrogen) atoms. The van der Waals surface area contributed by atoms with E-state index in [1.807, 2.05) is 30.5 Å². The predicted octanol–water partition coefficient (Wildman–Crippen LogP) is 6.59. The molecule has 0 atom stereocenters. The van der Waals surface area contributed by atoms with E-state index in [-0.39, 0.29) is 5.91 Å². The van der Waals surface area contributed by atoms with Gasteiger partial charge in [-0.15, -0.1) is 11.3 Å². The molecule has 0 unspecified atom stereocenters. The Morgan fingerprint density at radius 2 is 1.79 bits per heavy atom. The number of anilines is 1. The molecule has 0 saturated heterocycles. The highest BCUT2D eigenvalue weighted by molar-refractivity contribution is 7.16. The summed E-state index contributed by atoms with van der Waals surface area (Å²) < 4.78 is 0.